The minimum atomic E-state index is -0.674. The highest BCUT2D eigenvalue weighted by atomic mass is 19.1. The first-order chi connectivity index (χ1) is 13.6. The van der Waals surface area contributed by atoms with E-state index in [2.05, 4.69) is 15.5 Å². The SMILES string of the molecule is COc1ccc(-c2ccc(C(=O)NCCCN3CCNCC3)c(F)c2)c(F)c1. The van der Waals surface area contributed by atoms with Crippen LogP contribution in [0.2, 0.25) is 0 Å². The second-order valence-electron chi connectivity index (χ2n) is 6.74. The fourth-order valence-electron chi connectivity index (χ4n) is 3.26. The van der Waals surface area contributed by atoms with Crippen LogP contribution in [0.15, 0.2) is 36.4 Å². The van der Waals surface area contributed by atoms with E-state index in [1.54, 1.807) is 12.1 Å². The zero-order valence-electron chi connectivity index (χ0n) is 15.9. The molecule has 0 unspecified atom stereocenters. The topological polar surface area (TPSA) is 53.6 Å². The van der Waals surface area contributed by atoms with Gasteiger partial charge in [0.1, 0.15) is 17.4 Å². The summed E-state index contributed by atoms with van der Waals surface area (Å²) in [5.74, 6) is -1.26. The van der Waals surface area contributed by atoms with E-state index in [4.69, 9.17) is 4.74 Å². The maximum Gasteiger partial charge on any atom is 0.254 e. The number of hydrogen-bond acceptors (Lipinski definition) is 4. The molecule has 1 aliphatic rings. The predicted octanol–water partition coefficient (Wildman–Crippen LogP) is 2.67. The molecule has 0 bridgehead atoms. The molecule has 7 heteroatoms. The van der Waals surface area contributed by atoms with E-state index in [-0.39, 0.29) is 11.1 Å². The summed E-state index contributed by atoms with van der Waals surface area (Å²) < 4.78 is 33.6. The second kappa shape index (κ2) is 9.61. The number of carbonyl (C=O) groups excluding carboxylic acids is 1. The summed E-state index contributed by atoms with van der Waals surface area (Å²) >= 11 is 0. The van der Waals surface area contributed by atoms with Crippen molar-refractivity contribution in [1.29, 1.82) is 0 Å². The summed E-state index contributed by atoms with van der Waals surface area (Å²) in [6.45, 7) is 5.37. The number of hydrogen-bond donors (Lipinski definition) is 2. The van der Waals surface area contributed by atoms with Crippen LogP contribution in [0.25, 0.3) is 11.1 Å². The zero-order chi connectivity index (χ0) is 19.9. The first-order valence-corrected chi connectivity index (χ1v) is 9.43. The Balaban J connectivity index is 1.58. The molecule has 2 aromatic carbocycles. The second-order valence-corrected chi connectivity index (χ2v) is 6.74. The third-order valence-electron chi connectivity index (χ3n) is 4.85. The smallest absolute Gasteiger partial charge is 0.254 e. The van der Waals surface area contributed by atoms with Crippen LogP contribution in [-0.2, 0) is 0 Å². The van der Waals surface area contributed by atoms with Gasteiger partial charge in [0.15, 0.2) is 0 Å². The fourth-order valence-corrected chi connectivity index (χ4v) is 3.26. The van der Waals surface area contributed by atoms with Gasteiger partial charge in [-0.05, 0) is 42.8 Å². The van der Waals surface area contributed by atoms with Gasteiger partial charge in [0.05, 0.1) is 12.7 Å². The Hall–Kier alpha value is -2.51. The molecule has 1 saturated heterocycles. The summed E-state index contributed by atoms with van der Waals surface area (Å²) in [5, 5.41) is 6.05. The first-order valence-electron chi connectivity index (χ1n) is 9.43. The van der Waals surface area contributed by atoms with Crippen molar-refractivity contribution >= 4 is 5.91 Å². The van der Waals surface area contributed by atoms with Crippen LogP contribution in [-0.4, -0.2) is 57.2 Å². The lowest BCUT2D eigenvalue weighted by atomic mass is 10.0. The Kier molecular flexibility index (Phi) is 6.95. The van der Waals surface area contributed by atoms with Crippen molar-refractivity contribution in [2.45, 2.75) is 6.42 Å². The van der Waals surface area contributed by atoms with Crippen molar-refractivity contribution < 1.29 is 18.3 Å². The Morgan fingerprint density at radius 1 is 1.14 bits per heavy atom. The van der Waals surface area contributed by atoms with E-state index in [9.17, 15) is 13.6 Å². The van der Waals surface area contributed by atoms with E-state index >= 15 is 0 Å². The lowest BCUT2D eigenvalue weighted by Crippen LogP contribution is -2.44. The molecule has 150 valence electrons. The number of methoxy groups -OCH3 is 1. The number of benzene rings is 2. The van der Waals surface area contributed by atoms with Crippen molar-refractivity contribution in [3.05, 3.63) is 53.6 Å². The molecule has 1 aliphatic heterocycles. The third kappa shape index (κ3) is 5.05. The van der Waals surface area contributed by atoms with Gasteiger partial charge in [-0.25, -0.2) is 8.78 Å². The van der Waals surface area contributed by atoms with Crippen molar-refractivity contribution in [3.8, 4) is 16.9 Å². The summed E-state index contributed by atoms with van der Waals surface area (Å²) in [7, 11) is 1.45. The van der Waals surface area contributed by atoms with Gasteiger partial charge in [-0.3, -0.25) is 4.79 Å². The molecule has 0 saturated carbocycles. The molecule has 2 N–H and O–H groups in total. The lowest BCUT2D eigenvalue weighted by Gasteiger charge is -2.27. The number of rotatable bonds is 7. The molecular formula is C21H25F2N3O2. The minimum absolute atomic E-state index is 0.0418. The van der Waals surface area contributed by atoms with Gasteiger partial charge < -0.3 is 20.3 Å². The van der Waals surface area contributed by atoms with Gasteiger partial charge in [0.25, 0.3) is 5.91 Å². The van der Waals surface area contributed by atoms with Gasteiger partial charge in [-0.15, -0.1) is 0 Å². The molecule has 28 heavy (non-hydrogen) atoms. The highest BCUT2D eigenvalue weighted by Crippen LogP contribution is 2.27. The molecule has 0 radical (unpaired) electrons. The minimum Gasteiger partial charge on any atom is -0.497 e. The van der Waals surface area contributed by atoms with Crippen LogP contribution in [0.4, 0.5) is 8.78 Å². The normalized spacial score (nSPS) is 14.7. The Labute approximate surface area is 163 Å². The molecule has 0 spiro atoms. The van der Waals surface area contributed by atoms with Crippen LogP contribution in [0.3, 0.4) is 0 Å². The summed E-state index contributed by atoms with van der Waals surface area (Å²) in [5.41, 5.74) is 0.579. The third-order valence-corrected chi connectivity index (χ3v) is 4.85. The highest BCUT2D eigenvalue weighted by Gasteiger charge is 2.15. The van der Waals surface area contributed by atoms with Crippen LogP contribution in [0.5, 0.6) is 5.75 Å². The number of piperazine rings is 1. The summed E-state index contributed by atoms with van der Waals surface area (Å²) in [6.07, 6.45) is 0.808. The van der Waals surface area contributed by atoms with Gasteiger partial charge in [0.2, 0.25) is 0 Å². The molecule has 5 nitrogen and oxygen atoms in total. The quantitative estimate of drug-likeness (QED) is 0.715. The molecule has 1 amide bonds. The molecule has 3 rings (SSSR count). The Morgan fingerprint density at radius 2 is 1.93 bits per heavy atom. The Morgan fingerprint density at radius 3 is 2.61 bits per heavy atom. The van der Waals surface area contributed by atoms with Gasteiger partial charge in [-0.1, -0.05) is 6.07 Å². The molecule has 0 aliphatic carbocycles. The Bertz CT molecular complexity index is 823. The molecule has 0 aromatic heterocycles. The van der Waals surface area contributed by atoms with Crippen LogP contribution in [0.1, 0.15) is 16.8 Å². The van der Waals surface area contributed by atoms with Crippen molar-refractivity contribution in [2.75, 3.05) is 46.4 Å². The maximum atomic E-state index is 14.4. The van der Waals surface area contributed by atoms with Crippen LogP contribution < -0.4 is 15.4 Å². The molecular weight excluding hydrogens is 364 g/mol. The van der Waals surface area contributed by atoms with Crippen molar-refractivity contribution in [3.63, 3.8) is 0 Å². The van der Waals surface area contributed by atoms with Crippen LogP contribution in [0, 0.1) is 11.6 Å². The van der Waals surface area contributed by atoms with E-state index in [0.717, 1.165) is 39.1 Å². The number of nitrogens with zero attached hydrogens (tertiary/aromatic N) is 1. The number of halogens is 2. The van der Waals surface area contributed by atoms with Gasteiger partial charge in [-0.2, -0.15) is 0 Å². The highest BCUT2D eigenvalue weighted by molar-refractivity contribution is 5.95. The number of ether oxygens (including phenoxy) is 1. The van der Waals surface area contributed by atoms with E-state index < -0.39 is 17.5 Å². The zero-order valence-corrected chi connectivity index (χ0v) is 15.9. The van der Waals surface area contributed by atoms with E-state index in [0.29, 0.717) is 17.9 Å². The number of amides is 1. The lowest BCUT2D eigenvalue weighted by molar-refractivity contribution is 0.0947. The largest absolute Gasteiger partial charge is 0.497 e. The fraction of sp³-hybridized carbons (Fsp3) is 0.381. The van der Waals surface area contributed by atoms with Gasteiger partial charge in [0, 0.05) is 44.4 Å². The van der Waals surface area contributed by atoms with Crippen molar-refractivity contribution in [2.24, 2.45) is 0 Å². The average molecular weight is 389 g/mol. The molecule has 2 aromatic rings. The first kappa shape index (κ1) is 20.2. The summed E-state index contributed by atoms with van der Waals surface area (Å²) in [4.78, 5) is 14.6. The predicted molar refractivity (Wildman–Crippen MR) is 105 cm³/mol. The molecule has 0 atom stereocenters. The number of carbonyl (C=O) groups is 1. The van der Waals surface area contributed by atoms with E-state index in [1.807, 2.05) is 0 Å². The molecule has 1 heterocycles. The van der Waals surface area contributed by atoms with Crippen molar-refractivity contribution in [1.82, 2.24) is 15.5 Å². The van der Waals surface area contributed by atoms with Gasteiger partial charge >= 0.3 is 0 Å². The average Bonchev–Trinajstić information content (AvgIpc) is 2.71. The standard InChI is InChI=1S/C21H25F2N3O2/c1-28-16-4-6-17(20(23)14-16)15-3-5-18(19(22)13-15)21(27)25-7-2-10-26-11-8-24-9-12-26/h3-6,13-14,24H,2,7-12H2,1H3,(H,25,27). The number of nitrogens with one attached hydrogen (secondary N) is 2. The molecule has 1 fully saturated rings. The summed E-state index contributed by atoms with van der Waals surface area (Å²) in [6, 6.07) is 8.49. The monoisotopic (exact) mass is 389 g/mol. The maximum absolute atomic E-state index is 14.4. The van der Waals surface area contributed by atoms with E-state index in [1.165, 1.54) is 31.4 Å². The van der Waals surface area contributed by atoms with Crippen LogP contribution >= 0.6 is 0 Å².